The molecule has 1 fully saturated rings. The highest BCUT2D eigenvalue weighted by atomic mass is 32.1. The normalized spacial score (nSPS) is 15.3. The minimum absolute atomic E-state index is 0.599. The minimum Gasteiger partial charge on any atom is -0.393 e. The number of nitrogens with two attached hydrogens (primary N) is 1. The summed E-state index contributed by atoms with van der Waals surface area (Å²) < 4.78 is 0. The number of nitrogens with zero attached hydrogens (tertiary/aromatic N) is 3. The lowest BCUT2D eigenvalue weighted by molar-refractivity contribution is 0.237. The lowest BCUT2D eigenvalue weighted by Crippen LogP contribution is -2.33. The van der Waals surface area contributed by atoms with Crippen molar-refractivity contribution >= 4 is 28.7 Å². The van der Waals surface area contributed by atoms with E-state index in [1.807, 2.05) is 0 Å². The van der Waals surface area contributed by atoms with Gasteiger partial charge in [0.2, 0.25) is 0 Å². The van der Waals surface area contributed by atoms with E-state index < -0.39 is 0 Å². The predicted octanol–water partition coefficient (Wildman–Crippen LogP) is 2.67. The number of hydrogen-bond donors (Lipinski definition) is 3. The number of aromatic nitrogens is 2. The Morgan fingerprint density at radius 1 is 1.08 bits per heavy atom. The molecule has 3 rings (SSSR count). The van der Waals surface area contributed by atoms with Crippen LogP contribution in [0.25, 0.3) is 0 Å². The van der Waals surface area contributed by atoms with Crippen molar-refractivity contribution in [3.63, 3.8) is 0 Å². The molecule has 4 N–H and O–H groups in total. The van der Waals surface area contributed by atoms with Crippen LogP contribution in [0, 0.1) is 0 Å². The molecule has 0 aliphatic carbocycles. The molecule has 1 aliphatic rings. The van der Waals surface area contributed by atoms with Gasteiger partial charge in [-0.15, -0.1) is 11.3 Å². The number of thiophene rings is 1. The number of nitrogens with one attached hydrogen (secondary N) is 2. The summed E-state index contributed by atoms with van der Waals surface area (Å²) in [7, 11) is 0. The standard InChI is InChI=1S/C17H26N6S/c18-15-16(19-7-6-14-5-4-12-24-14)21-13-22-17(15)20-8-11-23-9-2-1-3-10-23/h4-5,12-13H,1-3,6-11,18H2,(H2,19,20,21,22). The Morgan fingerprint density at radius 3 is 2.54 bits per heavy atom. The van der Waals surface area contributed by atoms with Crippen LogP contribution in [-0.2, 0) is 6.42 Å². The topological polar surface area (TPSA) is 79.1 Å². The van der Waals surface area contributed by atoms with Crippen molar-refractivity contribution in [2.24, 2.45) is 0 Å². The Hall–Kier alpha value is -1.86. The average molecular weight is 347 g/mol. The van der Waals surface area contributed by atoms with Crippen LogP contribution < -0.4 is 16.4 Å². The molecule has 6 nitrogen and oxygen atoms in total. The number of hydrogen-bond acceptors (Lipinski definition) is 7. The van der Waals surface area contributed by atoms with Gasteiger partial charge in [0.1, 0.15) is 12.0 Å². The number of anilines is 3. The number of rotatable bonds is 8. The van der Waals surface area contributed by atoms with Gasteiger partial charge in [0, 0.05) is 24.5 Å². The van der Waals surface area contributed by atoms with Crippen molar-refractivity contribution in [2.75, 3.05) is 49.1 Å². The van der Waals surface area contributed by atoms with Gasteiger partial charge in [-0.3, -0.25) is 0 Å². The van der Waals surface area contributed by atoms with E-state index in [1.165, 1.54) is 37.2 Å². The molecule has 0 spiro atoms. The van der Waals surface area contributed by atoms with Gasteiger partial charge < -0.3 is 21.3 Å². The zero-order valence-corrected chi connectivity index (χ0v) is 14.8. The minimum atomic E-state index is 0.599. The van der Waals surface area contributed by atoms with Crippen LogP contribution in [-0.4, -0.2) is 47.6 Å². The molecule has 1 saturated heterocycles. The fraction of sp³-hybridized carbons (Fsp3) is 0.529. The highest BCUT2D eigenvalue weighted by molar-refractivity contribution is 7.09. The first kappa shape index (κ1) is 17.0. The van der Waals surface area contributed by atoms with E-state index in [0.717, 1.165) is 31.9 Å². The average Bonchev–Trinajstić information content (AvgIpc) is 3.12. The van der Waals surface area contributed by atoms with Gasteiger partial charge in [0.05, 0.1) is 0 Å². The maximum absolute atomic E-state index is 6.20. The van der Waals surface area contributed by atoms with E-state index in [9.17, 15) is 0 Å². The summed E-state index contributed by atoms with van der Waals surface area (Å²) >= 11 is 1.77. The molecular formula is C17H26N6S. The third-order valence-electron chi connectivity index (χ3n) is 4.30. The van der Waals surface area contributed by atoms with Crippen LogP contribution in [0.3, 0.4) is 0 Å². The smallest absolute Gasteiger partial charge is 0.154 e. The lowest BCUT2D eigenvalue weighted by atomic mass is 10.1. The molecule has 0 bridgehead atoms. The van der Waals surface area contributed by atoms with Crippen LogP contribution in [0.1, 0.15) is 24.1 Å². The molecule has 0 atom stereocenters. The van der Waals surface area contributed by atoms with Gasteiger partial charge in [-0.2, -0.15) is 0 Å². The van der Waals surface area contributed by atoms with Gasteiger partial charge in [-0.1, -0.05) is 12.5 Å². The molecule has 0 saturated carbocycles. The Kier molecular flexibility index (Phi) is 6.26. The molecule has 7 heteroatoms. The third kappa shape index (κ3) is 4.82. The van der Waals surface area contributed by atoms with Crippen molar-refractivity contribution in [1.29, 1.82) is 0 Å². The van der Waals surface area contributed by atoms with Crippen molar-refractivity contribution in [3.05, 3.63) is 28.7 Å². The summed E-state index contributed by atoms with van der Waals surface area (Å²) in [4.78, 5) is 12.4. The molecular weight excluding hydrogens is 320 g/mol. The van der Waals surface area contributed by atoms with E-state index >= 15 is 0 Å². The number of piperidine rings is 1. The van der Waals surface area contributed by atoms with E-state index in [4.69, 9.17) is 5.73 Å². The van der Waals surface area contributed by atoms with E-state index in [-0.39, 0.29) is 0 Å². The second-order valence-electron chi connectivity index (χ2n) is 6.07. The zero-order chi connectivity index (χ0) is 16.6. The van der Waals surface area contributed by atoms with Crippen molar-refractivity contribution in [1.82, 2.24) is 14.9 Å². The maximum Gasteiger partial charge on any atom is 0.154 e. The Bertz CT molecular complexity index is 610. The van der Waals surface area contributed by atoms with Crippen LogP contribution >= 0.6 is 11.3 Å². The highest BCUT2D eigenvalue weighted by Crippen LogP contribution is 2.22. The second kappa shape index (κ2) is 8.84. The van der Waals surface area contributed by atoms with E-state index in [0.29, 0.717) is 11.5 Å². The van der Waals surface area contributed by atoms with E-state index in [2.05, 4.69) is 43.0 Å². The lowest BCUT2D eigenvalue weighted by Gasteiger charge is -2.26. The summed E-state index contributed by atoms with van der Waals surface area (Å²) in [6.45, 7) is 5.11. The van der Waals surface area contributed by atoms with Gasteiger partial charge in [0.25, 0.3) is 0 Å². The predicted molar refractivity (Wildman–Crippen MR) is 102 cm³/mol. The quantitative estimate of drug-likeness (QED) is 0.682. The van der Waals surface area contributed by atoms with Gasteiger partial charge in [-0.05, 0) is 43.8 Å². The highest BCUT2D eigenvalue weighted by Gasteiger charge is 2.11. The first-order valence-corrected chi connectivity index (χ1v) is 9.54. The van der Waals surface area contributed by atoms with Crippen LogP contribution in [0.4, 0.5) is 17.3 Å². The van der Waals surface area contributed by atoms with Crippen molar-refractivity contribution in [3.8, 4) is 0 Å². The largest absolute Gasteiger partial charge is 0.393 e. The molecule has 2 aromatic rings. The molecule has 3 heterocycles. The zero-order valence-electron chi connectivity index (χ0n) is 14.0. The van der Waals surface area contributed by atoms with Crippen LogP contribution in [0.5, 0.6) is 0 Å². The Morgan fingerprint density at radius 2 is 1.83 bits per heavy atom. The SMILES string of the molecule is Nc1c(NCCc2cccs2)ncnc1NCCN1CCCCC1. The molecule has 2 aromatic heterocycles. The van der Waals surface area contributed by atoms with Crippen LogP contribution in [0.15, 0.2) is 23.8 Å². The first-order chi connectivity index (χ1) is 11.8. The van der Waals surface area contributed by atoms with Gasteiger partial charge in [-0.25, -0.2) is 9.97 Å². The van der Waals surface area contributed by atoms with Crippen molar-refractivity contribution < 1.29 is 0 Å². The summed E-state index contributed by atoms with van der Waals surface area (Å²) in [6.07, 6.45) is 6.52. The summed E-state index contributed by atoms with van der Waals surface area (Å²) in [5, 5.41) is 8.76. The van der Waals surface area contributed by atoms with E-state index in [1.54, 1.807) is 17.7 Å². The number of nitrogen functional groups attached to an aromatic ring is 1. The summed E-state index contributed by atoms with van der Waals surface area (Å²) in [6, 6.07) is 4.21. The summed E-state index contributed by atoms with van der Waals surface area (Å²) in [5.74, 6) is 1.43. The maximum atomic E-state index is 6.20. The molecule has 130 valence electrons. The van der Waals surface area contributed by atoms with Gasteiger partial charge in [0.15, 0.2) is 11.6 Å². The fourth-order valence-corrected chi connectivity index (χ4v) is 3.66. The van der Waals surface area contributed by atoms with Gasteiger partial charge >= 0.3 is 0 Å². The molecule has 24 heavy (non-hydrogen) atoms. The van der Waals surface area contributed by atoms with Crippen molar-refractivity contribution in [2.45, 2.75) is 25.7 Å². The molecule has 1 aliphatic heterocycles. The Balaban J connectivity index is 1.47. The second-order valence-corrected chi connectivity index (χ2v) is 7.10. The molecule has 0 amide bonds. The monoisotopic (exact) mass is 346 g/mol. The first-order valence-electron chi connectivity index (χ1n) is 8.66. The Labute approximate surface area is 147 Å². The molecule has 0 radical (unpaired) electrons. The number of likely N-dealkylation sites (tertiary alicyclic amines) is 1. The summed E-state index contributed by atoms with van der Waals surface area (Å²) in [5.41, 5.74) is 6.80. The molecule has 0 unspecified atom stereocenters. The third-order valence-corrected chi connectivity index (χ3v) is 5.23. The fourth-order valence-electron chi connectivity index (χ4n) is 2.95. The molecule has 0 aromatic carbocycles. The van der Waals surface area contributed by atoms with Crippen LogP contribution in [0.2, 0.25) is 0 Å².